The summed E-state index contributed by atoms with van der Waals surface area (Å²) in [5, 5.41) is 4.84. The van der Waals surface area contributed by atoms with E-state index in [1.165, 1.54) is 36.6 Å². The third-order valence-electron chi connectivity index (χ3n) is 4.24. The SMILES string of the molecule is CN(C)C(C)(C)CN=C1NC2(CCCC2)CS1. The van der Waals surface area contributed by atoms with E-state index < -0.39 is 0 Å². The molecule has 1 spiro atoms. The second kappa shape index (κ2) is 4.81. The maximum Gasteiger partial charge on any atom is 0.157 e. The van der Waals surface area contributed by atoms with Crippen LogP contribution in [-0.4, -0.2) is 47.5 Å². The van der Waals surface area contributed by atoms with E-state index in [9.17, 15) is 0 Å². The predicted octanol–water partition coefficient (Wildman–Crippen LogP) is 2.33. The minimum absolute atomic E-state index is 0.140. The van der Waals surface area contributed by atoms with Crippen molar-refractivity contribution in [1.29, 1.82) is 0 Å². The summed E-state index contributed by atoms with van der Waals surface area (Å²) in [7, 11) is 4.24. The Morgan fingerprint density at radius 1 is 1.35 bits per heavy atom. The van der Waals surface area contributed by atoms with E-state index in [1.54, 1.807) is 0 Å². The van der Waals surface area contributed by atoms with Crippen molar-refractivity contribution in [3.05, 3.63) is 0 Å². The van der Waals surface area contributed by atoms with Crippen molar-refractivity contribution in [2.45, 2.75) is 50.6 Å². The van der Waals surface area contributed by atoms with Gasteiger partial charge in [-0.05, 0) is 40.8 Å². The zero-order chi connectivity index (χ0) is 12.5. The molecule has 0 atom stereocenters. The van der Waals surface area contributed by atoms with Gasteiger partial charge in [-0.2, -0.15) is 0 Å². The minimum atomic E-state index is 0.140. The van der Waals surface area contributed by atoms with Crippen molar-refractivity contribution in [2.75, 3.05) is 26.4 Å². The minimum Gasteiger partial charge on any atom is -0.359 e. The lowest BCUT2D eigenvalue weighted by Gasteiger charge is -2.31. The molecule has 17 heavy (non-hydrogen) atoms. The molecule has 0 aromatic rings. The number of aliphatic imine (C=N–C) groups is 1. The van der Waals surface area contributed by atoms with E-state index in [0.29, 0.717) is 5.54 Å². The Balaban J connectivity index is 1.92. The predicted molar refractivity (Wildman–Crippen MR) is 76.9 cm³/mol. The first kappa shape index (κ1) is 13.2. The summed E-state index contributed by atoms with van der Waals surface area (Å²) in [4.78, 5) is 7.00. The van der Waals surface area contributed by atoms with Crippen molar-refractivity contribution in [3.8, 4) is 0 Å². The van der Waals surface area contributed by atoms with Crippen LogP contribution in [0.3, 0.4) is 0 Å². The van der Waals surface area contributed by atoms with Crippen LogP contribution in [0.5, 0.6) is 0 Å². The first-order valence-corrected chi connectivity index (χ1v) is 7.55. The number of hydrogen-bond donors (Lipinski definition) is 1. The van der Waals surface area contributed by atoms with Crippen molar-refractivity contribution in [2.24, 2.45) is 4.99 Å². The molecule has 0 aromatic heterocycles. The summed E-state index contributed by atoms with van der Waals surface area (Å²) in [6.07, 6.45) is 5.42. The van der Waals surface area contributed by atoms with Gasteiger partial charge in [-0.3, -0.25) is 4.99 Å². The quantitative estimate of drug-likeness (QED) is 0.839. The molecule has 2 aliphatic rings. The molecule has 0 aromatic carbocycles. The molecular weight excluding hydrogens is 230 g/mol. The fourth-order valence-corrected chi connectivity index (χ4v) is 3.54. The fraction of sp³-hybridized carbons (Fsp3) is 0.923. The maximum atomic E-state index is 4.76. The molecule has 0 unspecified atom stereocenters. The Bertz CT molecular complexity index is 304. The van der Waals surface area contributed by atoms with Gasteiger partial charge < -0.3 is 10.2 Å². The number of hydrogen-bond acceptors (Lipinski definition) is 3. The van der Waals surface area contributed by atoms with Gasteiger partial charge in [0.1, 0.15) is 0 Å². The largest absolute Gasteiger partial charge is 0.359 e. The van der Waals surface area contributed by atoms with Crippen molar-refractivity contribution < 1.29 is 0 Å². The van der Waals surface area contributed by atoms with Gasteiger partial charge >= 0.3 is 0 Å². The average Bonchev–Trinajstić information content (AvgIpc) is 2.87. The summed E-state index contributed by atoms with van der Waals surface area (Å²) < 4.78 is 0. The lowest BCUT2D eigenvalue weighted by atomic mass is 10.0. The van der Waals surface area contributed by atoms with Crippen LogP contribution in [0.2, 0.25) is 0 Å². The van der Waals surface area contributed by atoms with Crippen LogP contribution in [0, 0.1) is 0 Å². The van der Waals surface area contributed by atoms with E-state index >= 15 is 0 Å². The summed E-state index contributed by atoms with van der Waals surface area (Å²) in [6, 6.07) is 0. The third-order valence-corrected chi connectivity index (χ3v) is 5.44. The van der Waals surface area contributed by atoms with Crippen molar-refractivity contribution in [1.82, 2.24) is 10.2 Å². The highest BCUT2D eigenvalue weighted by molar-refractivity contribution is 8.14. The van der Waals surface area contributed by atoms with Crippen LogP contribution >= 0.6 is 11.8 Å². The van der Waals surface area contributed by atoms with E-state index in [0.717, 1.165) is 6.54 Å². The van der Waals surface area contributed by atoms with Crippen LogP contribution in [0.4, 0.5) is 0 Å². The molecule has 1 heterocycles. The van der Waals surface area contributed by atoms with Gasteiger partial charge in [0, 0.05) is 16.8 Å². The highest BCUT2D eigenvalue weighted by Gasteiger charge is 2.39. The fourth-order valence-electron chi connectivity index (χ4n) is 2.32. The second-order valence-corrected chi connectivity index (χ2v) is 7.19. The number of likely N-dealkylation sites (N-methyl/N-ethyl adjacent to an activating group) is 1. The van der Waals surface area contributed by atoms with Gasteiger partial charge in [0.2, 0.25) is 0 Å². The lowest BCUT2D eigenvalue weighted by molar-refractivity contribution is 0.205. The molecule has 2 rings (SSSR count). The van der Waals surface area contributed by atoms with Crippen molar-refractivity contribution >= 4 is 16.9 Å². The van der Waals surface area contributed by atoms with Crippen LogP contribution < -0.4 is 5.32 Å². The molecule has 4 heteroatoms. The summed E-state index contributed by atoms with van der Waals surface area (Å²) in [5.74, 6) is 1.22. The van der Waals surface area contributed by atoms with Gasteiger partial charge in [0.25, 0.3) is 0 Å². The number of nitrogens with one attached hydrogen (secondary N) is 1. The average molecular weight is 255 g/mol. The Labute approximate surface area is 109 Å². The standard InChI is InChI=1S/C13H25N3S/c1-12(2,16(3)4)9-14-11-15-13(10-17-11)7-5-6-8-13/h5-10H2,1-4H3,(H,14,15). The molecule has 1 saturated carbocycles. The molecule has 1 saturated heterocycles. The molecule has 98 valence electrons. The van der Waals surface area contributed by atoms with Crippen molar-refractivity contribution in [3.63, 3.8) is 0 Å². The Hall–Kier alpha value is -0.220. The monoisotopic (exact) mass is 255 g/mol. The van der Waals surface area contributed by atoms with Crippen LogP contribution in [0.15, 0.2) is 4.99 Å². The summed E-state index contributed by atoms with van der Waals surface area (Å²) in [5.41, 5.74) is 0.534. The molecule has 1 aliphatic carbocycles. The number of thioether (sulfide) groups is 1. The highest BCUT2D eigenvalue weighted by atomic mass is 32.2. The van der Waals surface area contributed by atoms with Gasteiger partial charge in [-0.25, -0.2) is 0 Å². The molecule has 2 fully saturated rings. The molecule has 0 bridgehead atoms. The van der Waals surface area contributed by atoms with E-state index in [4.69, 9.17) is 4.99 Å². The number of rotatable bonds is 3. The molecule has 1 aliphatic heterocycles. The normalized spacial score (nSPS) is 26.1. The van der Waals surface area contributed by atoms with Crippen LogP contribution in [-0.2, 0) is 0 Å². The van der Waals surface area contributed by atoms with E-state index in [-0.39, 0.29) is 5.54 Å². The van der Waals surface area contributed by atoms with Gasteiger partial charge in [0.15, 0.2) is 5.17 Å². The summed E-state index contributed by atoms with van der Waals surface area (Å²) >= 11 is 1.91. The zero-order valence-corrected chi connectivity index (χ0v) is 12.4. The first-order valence-electron chi connectivity index (χ1n) is 6.56. The molecule has 0 amide bonds. The van der Waals surface area contributed by atoms with Gasteiger partial charge in [-0.1, -0.05) is 24.6 Å². The molecule has 1 N–H and O–H groups in total. The Morgan fingerprint density at radius 3 is 2.59 bits per heavy atom. The van der Waals surface area contributed by atoms with Gasteiger partial charge in [0.05, 0.1) is 6.54 Å². The second-order valence-electron chi connectivity index (χ2n) is 6.23. The van der Waals surface area contributed by atoms with Crippen LogP contribution in [0.25, 0.3) is 0 Å². The van der Waals surface area contributed by atoms with Gasteiger partial charge in [-0.15, -0.1) is 0 Å². The maximum absolute atomic E-state index is 4.76. The third kappa shape index (κ3) is 2.97. The smallest absolute Gasteiger partial charge is 0.157 e. The molecule has 3 nitrogen and oxygen atoms in total. The van der Waals surface area contributed by atoms with E-state index in [1.807, 2.05) is 11.8 Å². The first-order chi connectivity index (χ1) is 7.94. The highest BCUT2D eigenvalue weighted by Crippen LogP contribution is 2.37. The lowest BCUT2D eigenvalue weighted by Crippen LogP contribution is -2.43. The Morgan fingerprint density at radius 2 is 2.00 bits per heavy atom. The Kier molecular flexibility index (Phi) is 3.74. The zero-order valence-electron chi connectivity index (χ0n) is 11.5. The number of nitrogens with zero attached hydrogens (tertiary/aromatic N) is 2. The van der Waals surface area contributed by atoms with Crippen LogP contribution in [0.1, 0.15) is 39.5 Å². The molecular formula is C13H25N3S. The summed E-state index contributed by atoms with van der Waals surface area (Å²) in [6.45, 7) is 5.34. The van der Waals surface area contributed by atoms with E-state index in [2.05, 4.69) is 38.2 Å². The topological polar surface area (TPSA) is 27.6 Å². The molecule has 0 radical (unpaired) electrons. The number of amidine groups is 1.